The van der Waals surface area contributed by atoms with Crippen molar-refractivity contribution in [3.63, 3.8) is 0 Å². The van der Waals surface area contributed by atoms with E-state index < -0.39 is 10.0 Å². The van der Waals surface area contributed by atoms with Crippen LogP contribution in [0.2, 0.25) is 0 Å². The fourth-order valence-electron chi connectivity index (χ4n) is 2.43. The number of aromatic nitrogens is 2. The zero-order valence-corrected chi connectivity index (χ0v) is 15.3. The summed E-state index contributed by atoms with van der Waals surface area (Å²) in [6.45, 7) is 7.31. The molecule has 0 spiro atoms. The van der Waals surface area contributed by atoms with Gasteiger partial charge in [0.25, 0.3) is 0 Å². The fraction of sp³-hybridized carbons (Fsp3) is 0.333. The predicted molar refractivity (Wildman–Crippen MR) is 89.3 cm³/mol. The minimum absolute atomic E-state index is 0.141. The zero-order chi connectivity index (χ0) is 17.5. The Labute approximate surface area is 143 Å². The van der Waals surface area contributed by atoms with E-state index in [-0.39, 0.29) is 10.8 Å². The van der Waals surface area contributed by atoms with Crippen LogP contribution >= 0.6 is 11.3 Å². The molecule has 1 N–H and O–H groups in total. The van der Waals surface area contributed by atoms with Gasteiger partial charge in [0.1, 0.15) is 15.7 Å². The van der Waals surface area contributed by atoms with Crippen molar-refractivity contribution >= 4 is 21.4 Å². The molecule has 0 amide bonds. The molecule has 3 rings (SSSR count). The maximum atomic E-state index is 12.5. The molecule has 0 aliphatic carbocycles. The van der Waals surface area contributed by atoms with Gasteiger partial charge in [0.05, 0.1) is 17.0 Å². The molecule has 0 saturated carbocycles. The van der Waals surface area contributed by atoms with Crippen molar-refractivity contribution in [3.05, 3.63) is 40.6 Å². The third-order valence-corrected chi connectivity index (χ3v) is 6.74. The lowest BCUT2D eigenvalue weighted by Gasteiger charge is -2.04. The summed E-state index contributed by atoms with van der Waals surface area (Å²) in [5.41, 5.74) is 3.01. The van der Waals surface area contributed by atoms with Crippen LogP contribution in [0.3, 0.4) is 0 Å². The Morgan fingerprint density at radius 3 is 2.29 bits per heavy atom. The van der Waals surface area contributed by atoms with Gasteiger partial charge < -0.3 is 9.05 Å². The average molecular weight is 367 g/mol. The van der Waals surface area contributed by atoms with Gasteiger partial charge in [-0.3, -0.25) is 0 Å². The average Bonchev–Trinajstić information content (AvgIpc) is 3.19. The molecule has 0 unspecified atom stereocenters. The molecule has 3 heterocycles. The molecule has 128 valence electrons. The molecule has 0 bridgehead atoms. The molecule has 7 nitrogen and oxygen atoms in total. The molecule has 0 aromatic carbocycles. The SMILES string of the molecule is Cc1noc(C)c1CNS(=O)(=O)c1ccc(-c2c(C)noc2C)s1. The molecule has 9 heteroatoms. The predicted octanol–water partition coefficient (Wildman–Crippen LogP) is 3.10. The number of sulfonamides is 1. The van der Waals surface area contributed by atoms with E-state index in [4.69, 9.17) is 9.05 Å². The smallest absolute Gasteiger partial charge is 0.250 e. The summed E-state index contributed by atoms with van der Waals surface area (Å²) in [6, 6.07) is 3.35. The molecule has 0 saturated heterocycles. The second-order valence-electron chi connectivity index (χ2n) is 5.45. The summed E-state index contributed by atoms with van der Waals surface area (Å²) in [6.07, 6.45) is 0. The first-order valence-electron chi connectivity index (χ1n) is 7.24. The van der Waals surface area contributed by atoms with E-state index in [0.29, 0.717) is 17.2 Å². The van der Waals surface area contributed by atoms with E-state index in [1.807, 2.05) is 6.92 Å². The highest BCUT2D eigenvalue weighted by Crippen LogP contribution is 2.34. The lowest BCUT2D eigenvalue weighted by Crippen LogP contribution is -2.22. The Morgan fingerprint density at radius 2 is 1.71 bits per heavy atom. The van der Waals surface area contributed by atoms with Gasteiger partial charge in [-0.15, -0.1) is 11.3 Å². The van der Waals surface area contributed by atoms with Gasteiger partial charge in [0, 0.05) is 17.0 Å². The van der Waals surface area contributed by atoms with E-state index in [2.05, 4.69) is 15.0 Å². The molecule has 0 radical (unpaired) electrons. The summed E-state index contributed by atoms with van der Waals surface area (Å²) in [7, 11) is -3.62. The zero-order valence-electron chi connectivity index (χ0n) is 13.7. The van der Waals surface area contributed by atoms with Crippen LogP contribution in [0.5, 0.6) is 0 Å². The second-order valence-corrected chi connectivity index (χ2v) is 8.52. The number of thiophene rings is 1. The van der Waals surface area contributed by atoms with E-state index in [0.717, 1.165) is 21.7 Å². The van der Waals surface area contributed by atoms with Crippen LogP contribution in [0.1, 0.15) is 28.5 Å². The summed E-state index contributed by atoms with van der Waals surface area (Å²) in [4.78, 5) is 0.809. The van der Waals surface area contributed by atoms with Crippen LogP contribution < -0.4 is 4.72 Å². The molecular formula is C15H17N3O4S2. The summed E-state index contributed by atoms with van der Waals surface area (Å²) < 4.78 is 38.0. The van der Waals surface area contributed by atoms with Gasteiger partial charge in [-0.05, 0) is 39.8 Å². The van der Waals surface area contributed by atoms with Gasteiger partial charge >= 0.3 is 0 Å². The van der Waals surface area contributed by atoms with Gasteiger partial charge in [0.15, 0.2) is 0 Å². The van der Waals surface area contributed by atoms with Crippen molar-refractivity contribution in [1.82, 2.24) is 15.0 Å². The highest BCUT2D eigenvalue weighted by molar-refractivity contribution is 7.91. The monoisotopic (exact) mass is 367 g/mol. The van der Waals surface area contributed by atoms with Crippen molar-refractivity contribution in [1.29, 1.82) is 0 Å². The number of aryl methyl sites for hydroxylation is 4. The summed E-state index contributed by atoms with van der Waals surface area (Å²) >= 11 is 1.18. The van der Waals surface area contributed by atoms with E-state index >= 15 is 0 Å². The third kappa shape index (κ3) is 3.02. The van der Waals surface area contributed by atoms with E-state index in [1.165, 1.54) is 11.3 Å². The van der Waals surface area contributed by atoms with Gasteiger partial charge in [-0.1, -0.05) is 10.3 Å². The minimum Gasteiger partial charge on any atom is -0.361 e. The van der Waals surface area contributed by atoms with Crippen LogP contribution in [-0.2, 0) is 16.6 Å². The van der Waals surface area contributed by atoms with Crippen LogP contribution in [0.4, 0.5) is 0 Å². The molecule has 3 aromatic rings. The molecule has 0 fully saturated rings. The van der Waals surface area contributed by atoms with Crippen molar-refractivity contribution < 1.29 is 17.5 Å². The molecular weight excluding hydrogens is 350 g/mol. The highest BCUT2D eigenvalue weighted by Gasteiger charge is 2.21. The summed E-state index contributed by atoms with van der Waals surface area (Å²) in [5, 5.41) is 7.72. The van der Waals surface area contributed by atoms with Crippen LogP contribution in [0.25, 0.3) is 10.4 Å². The van der Waals surface area contributed by atoms with Gasteiger partial charge in [0.2, 0.25) is 10.0 Å². The van der Waals surface area contributed by atoms with Crippen molar-refractivity contribution in [3.8, 4) is 10.4 Å². The topological polar surface area (TPSA) is 98.2 Å². The van der Waals surface area contributed by atoms with E-state index in [1.54, 1.807) is 32.9 Å². The Balaban J connectivity index is 1.84. The van der Waals surface area contributed by atoms with E-state index in [9.17, 15) is 8.42 Å². The lowest BCUT2D eigenvalue weighted by atomic mass is 10.2. The van der Waals surface area contributed by atoms with Gasteiger partial charge in [-0.25, -0.2) is 13.1 Å². The molecule has 0 aliphatic rings. The first-order chi connectivity index (χ1) is 11.3. The van der Waals surface area contributed by atoms with Crippen LogP contribution in [-0.4, -0.2) is 18.7 Å². The molecule has 0 atom stereocenters. The standard InChI is InChI=1S/C15H17N3O4S2/c1-8-12(10(3)21-17-8)7-16-24(19,20)14-6-5-13(23-14)15-9(2)18-22-11(15)4/h5-6,16H,7H2,1-4H3. The first kappa shape index (κ1) is 16.9. The highest BCUT2D eigenvalue weighted by atomic mass is 32.2. The maximum absolute atomic E-state index is 12.5. The molecule has 0 aliphatic heterocycles. The molecule has 3 aromatic heterocycles. The Morgan fingerprint density at radius 1 is 1.04 bits per heavy atom. The number of rotatable bonds is 5. The Kier molecular flexibility index (Phi) is 4.33. The lowest BCUT2D eigenvalue weighted by molar-refractivity contribution is 0.392. The maximum Gasteiger partial charge on any atom is 0.250 e. The second kappa shape index (κ2) is 6.15. The number of hydrogen-bond donors (Lipinski definition) is 1. The number of hydrogen-bond acceptors (Lipinski definition) is 7. The van der Waals surface area contributed by atoms with Crippen molar-refractivity contribution in [2.45, 2.75) is 38.4 Å². The first-order valence-corrected chi connectivity index (χ1v) is 9.54. The fourth-order valence-corrected chi connectivity index (χ4v) is 4.92. The number of nitrogens with zero attached hydrogens (tertiary/aromatic N) is 2. The third-order valence-electron chi connectivity index (χ3n) is 3.75. The quantitative estimate of drug-likeness (QED) is 0.744. The Hall–Kier alpha value is -1.97. The Bertz CT molecular complexity index is 943. The van der Waals surface area contributed by atoms with Crippen LogP contribution in [0, 0.1) is 27.7 Å². The number of nitrogens with one attached hydrogen (secondary N) is 1. The summed E-state index contributed by atoms with van der Waals surface area (Å²) in [5.74, 6) is 1.28. The molecule has 24 heavy (non-hydrogen) atoms. The van der Waals surface area contributed by atoms with Crippen molar-refractivity contribution in [2.24, 2.45) is 0 Å². The van der Waals surface area contributed by atoms with Crippen LogP contribution in [0.15, 0.2) is 25.4 Å². The van der Waals surface area contributed by atoms with Gasteiger partial charge in [-0.2, -0.15) is 0 Å². The minimum atomic E-state index is -3.62. The largest absolute Gasteiger partial charge is 0.361 e. The normalized spacial score (nSPS) is 12.0. The van der Waals surface area contributed by atoms with Crippen molar-refractivity contribution in [2.75, 3.05) is 0 Å².